The number of benzene rings is 2. The number of halogens is 4. The van der Waals surface area contributed by atoms with Gasteiger partial charge < -0.3 is 0 Å². The lowest BCUT2D eigenvalue weighted by Crippen LogP contribution is -2.25. The Kier molecular flexibility index (Phi) is 9.01. The summed E-state index contributed by atoms with van der Waals surface area (Å²) in [6.45, 7) is 0.355. The van der Waals surface area contributed by atoms with Gasteiger partial charge in [-0.25, -0.2) is 35.1 Å². The van der Waals surface area contributed by atoms with Crippen molar-refractivity contribution in [2.45, 2.75) is 35.5 Å². The van der Waals surface area contributed by atoms with E-state index in [1.54, 1.807) is 0 Å². The van der Waals surface area contributed by atoms with Crippen molar-refractivity contribution in [3.05, 3.63) is 58.1 Å². The molecule has 0 aliphatic rings. The molecule has 0 fully saturated rings. The standard InChI is InChI=1S/C18H20Cl2F2N2O4S2/c19-15-11-13(5-7-17(15)21)29(25,26)23-9-3-1-2-4-10-24-30(27,28)14-6-8-18(22)16(20)12-14/h5-8,11-12,23-24H,1-4,9-10H2. The predicted molar refractivity (Wildman–Crippen MR) is 112 cm³/mol. The van der Waals surface area contributed by atoms with E-state index in [2.05, 4.69) is 9.44 Å². The molecule has 0 atom stereocenters. The summed E-state index contributed by atoms with van der Waals surface area (Å²) in [4.78, 5) is -0.242. The van der Waals surface area contributed by atoms with Crippen LogP contribution in [0.1, 0.15) is 25.7 Å². The van der Waals surface area contributed by atoms with E-state index in [0.29, 0.717) is 25.7 Å². The van der Waals surface area contributed by atoms with Gasteiger partial charge in [0.05, 0.1) is 19.8 Å². The second-order valence-electron chi connectivity index (χ2n) is 6.36. The fourth-order valence-electron chi connectivity index (χ4n) is 2.47. The maximum absolute atomic E-state index is 13.1. The molecular formula is C18H20Cl2F2N2O4S2. The molecule has 0 aliphatic carbocycles. The van der Waals surface area contributed by atoms with Crippen molar-refractivity contribution < 1.29 is 25.6 Å². The first-order valence-electron chi connectivity index (χ1n) is 8.92. The molecule has 0 saturated carbocycles. The number of sulfonamides is 2. The summed E-state index contributed by atoms with van der Waals surface area (Å²) < 4.78 is 79.6. The molecule has 2 aromatic rings. The summed E-state index contributed by atoms with van der Waals surface area (Å²) in [5.74, 6) is -1.40. The first kappa shape index (κ1) is 25.0. The van der Waals surface area contributed by atoms with Crippen LogP contribution >= 0.6 is 23.2 Å². The van der Waals surface area contributed by atoms with Gasteiger partial charge in [0, 0.05) is 13.1 Å². The lowest BCUT2D eigenvalue weighted by atomic mass is 10.2. The van der Waals surface area contributed by atoms with Crippen molar-refractivity contribution in [1.29, 1.82) is 0 Å². The normalized spacial score (nSPS) is 12.3. The Morgan fingerprint density at radius 3 is 1.37 bits per heavy atom. The van der Waals surface area contributed by atoms with E-state index in [1.807, 2.05) is 0 Å². The highest BCUT2D eigenvalue weighted by atomic mass is 35.5. The summed E-state index contributed by atoms with van der Waals surface area (Å²) in [6.07, 6.45) is 2.40. The van der Waals surface area contributed by atoms with Crippen LogP contribution in [0.25, 0.3) is 0 Å². The Morgan fingerprint density at radius 1 is 0.667 bits per heavy atom. The highest BCUT2D eigenvalue weighted by molar-refractivity contribution is 7.89. The largest absolute Gasteiger partial charge is 0.240 e. The monoisotopic (exact) mass is 500 g/mol. The lowest BCUT2D eigenvalue weighted by Gasteiger charge is -2.08. The Balaban J connectivity index is 1.68. The van der Waals surface area contributed by atoms with Gasteiger partial charge in [-0.2, -0.15) is 0 Å². The van der Waals surface area contributed by atoms with Gasteiger partial charge in [0.25, 0.3) is 0 Å². The summed E-state index contributed by atoms with van der Waals surface area (Å²) in [7, 11) is -7.57. The molecule has 0 unspecified atom stereocenters. The van der Waals surface area contributed by atoms with Crippen molar-refractivity contribution >= 4 is 43.2 Å². The molecule has 0 spiro atoms. The van der Waals surface area contributed by atoms with Gasteiger partial charge >= 0.3 is 0 Å². The fraction of sp³-hybridized carbons (Fsp3) is 0.333. The third-order valence-electron chi connectivity index (χ3n) is 4.09. The van der Waals surface area contributed by atoms with Crippen molar-refractivity contribution in [1.82, 2.24) is 9.44 Å². The predicted octanol–water partition coefficient (Wildman–Crippen LogP) is 4.09. The third kappa shape index (κ3) is 7.14. The van der Waals surface area contributed by atoms with Crippen LogP contribution in [-0.2, 0) is 20.0 Å². The summed E-state index contributed by atoms with van der Waals surface area (Å²) >= 11 is 11.2. The maximum atomic E-state index is 13.1. The van der Waals surface area contributed by atoms with Gasteiger partial charge in [0.2, 0.25) is 20.0 Å². The van der Waals surface area contributed by atoms with Gasteiger partial charge in [-0.05, 0) is 49.2 Å². The van der Waals surface area contributed by atoms with Gasteiger partial charge in [0.15, 0.2) is 0 Å². The van der Waals surface area contributed by atoms with Crippen molar-refractivity contribution in [3.8, 4) is 0 Å². The minimum Gasteiger partial charge on any atom is -0.211 e. The van der Waals surface area contributed by atoms with E-state index in [-0.39, 0.29) is 32.9 Å². The molecule has 166 valence electrons. The lowest BCUT2D eigenvalue weighted by molar-refractivity contribution is 0.562. The number of nitrogens with one attached hydrogen (secondary N) is 2. The second kappa shape index (κ2) is 10.8. The Bertz CT molecular complexity index is 1010. The van der Waals surface area contributed by atoms with E-state index in [4.69, 9.17) is 23.2 Å². The second-order valence-corrected chi connectivity index (χ2v) is 10.7. The topological polar surface area (TPSA) is 92.3 Å². The molecule has 2 aromatic carbocycles. The van der Waals surface area contributed by atoms with Crippen LogP contribution in [-0.4, -0.2) is 29.9 Å². The van der Waals surface area contributed by atoms with E-state index in [1.165, 1.54) is 0 Å². The first-order chi connectivity index (χ1) is 14.0. The molecule has 0 aromatic heterocycles. The zero-order valence-corrected chi connectivity index (χ0v) is 18.8. The average Bonchev–Trinajstić information content (AvgIpc) is 2.68. The smallest absolute Gasteiger partial charge is 0.211 e. The maximum Gasteiger partial charge on any atom is 0.240 e. The molecule has 0 amide bonds. The van der Waals surface area contributed by atoms with E-state index < -0.39 is 31.7 Å². The van der Waals surface area contributed by atoms with Crippen LogP contribution in [0.4, 0.5) is 8.78 Å². The molecule has 0 bridgehead atoms. The number of hydrogen-bond donors (Lipinski definition) is 2. The summed E-state index contributed by atoms with van der Waals surface area (Å²) in [6, 6.07) is 6.31. The van der Waals surface area contributed by atoms with Crippen molar-refractivity contribution in [2.75, 3.05) is 13.1 Å². The molecule has 12 heteroatoms. The number of rotatable bonds is 11. The zero-order chi connectivity index (χ0) is 22.4. The molecule has 6 nitrogen and oxygen atoms in total. The molecule has 2 N–H and O–H groups in total. The minimum atomic E-state index is -3.78. The third-order valence-corrected chi connectivity index (χ3v) is 7.59. The molecule has 0 saturated heterocycles. The Morgan fingerprint density at radius 2 is 1.03 bits per heavy atom. The molecule has 0 aliphatic heterocycles. The molecule has 0 heterocycles. The van der Waals surface area contributed by atoms with Gasteiger partial charge in [-0.3, -0.25) is 0 Å². The first-order valence-corrected chi connectivity index (χ1v) is 12.6. The highest BCUT2D eigenvalue weighted by Gasteiger charge is 2.16. The van der Waals surface area contributed by atoms with Gasteiger partial charge in [0.1, 0.15) is 11.6 Å². The van der Waals surface area contributed by atoms with E-state index >= 15 is 0 Å². The van der Waals surface area contributed by atoms with E-state index in [9.17, 15) is 25.6 Å². The average molecular weight is 501 g/mol. The zero-order valence-electron chi connectivity index (χ0n) is 15.7. The van der Waals surface area contributed by atoms with Crippen LogP contribution < -0.4 is 9.44 Å². The summed E-state index contributed by atoms with van der Waals surface area (Å²) in [5.41, 5.74) is 0. The number of hydrogen-bond acceptors (Lipinski definition) is 4. The van der Waals surface area contributed by atoms with Crippen molar-refractivity contribution in [2.24, 2.45) is 0 Å². The number of unbranched alkanes of at least 4 members (excludes halogenated alkanes) is 3. The van der Waals surface area contributed by atoms with Crippen LogP contribution in [0, 0.1) is 11.6 Å². The van der Waals surface area contributed by atoms with Crippen LogP contribution in [0.2, 0.25) is 10.0 Å². The summed E-state index contributed by atoms with van der Waals surface area (Å²) in [5, 5.41) is -0.550. The quantitative estimate of drug-likeness (QED) is 0.454. The molecule has 0 radical (unpaired) electrons. The van der Waals surface area contributed by atoms with Crippen LogP contribution in [0.3, 0.4) is 0 Å². The van der Waals surface area contributed by atoms with Gasteiger partial charge in [-0.1, -0.05) is 36.0 Å². The minimum absolute atomic E-state index is 0.121. The van der Waals surface area contributed by atoms with Crippen LogP contribution in [0.15, 0.2) is 46.2 Å². The molecular weight excluding hydrogens is 481 g/mol. The fourth-order valence-corrected chi connectivity index (χ4v) is 5.16. The molecule has 30 heavy (non-hydrogen) atoms. The molecule has 2 rings (SSSR count). The van der Waals surface area contributed by atoms with Crippen LogP contribution in [0.5, 0.6) is 0 Å². The highest BCUT2D eigenvalue weighted by Crippen LogP contribution is 2.20. The Hall–Kier alpha value is -1.30. The van der Waals surface area contributed by atoms with Gasteiger partial charge in [-0.15, -0.1) is 0 Å². The van der Waals surface area contributed by atoms with Crippen molar-refractivity contribution in [3.63, 3.8) is 0 Å². The Labute approximate surface area is 184 Å². The SMILES string of the molecule is O=S(=O)(NCCCCCCNS(=O)(=O)c1ccc(F)c(Cl)c1)c1ccc(F)c(Cl)c1. The van der Waals surface area contributed by atoms with E-state index in [0.717, 1.165) is 36.4 Å².